The molecule has 1 heterocycles. The van der Waals surface area contributed by atoms with Gasteiger partial charge in [-0.25, -0.2) is 0 Å². The zero-order valence-corrected chi connectivity index (χ0v) is 14.1. The second kappa shape index (κ2) is 5.79. The molecule has 3 heteroatoms. The Labute approximate surface area is 132 Å². The second-order valence-corrected chi connectivity index (χ2v) is 6.93. The molecule has 1 aromatic carbocycles. The third-order valence-corrected chi connectivity index (χ3v) is 5.42. The number of hydrogen-bond acceptors (Lipinski definition) is 1. The van der Waals surface area contributed by atoms with Crippen LogP contribution in [0.4, 0.5) is 0 Å². The second-order valence-electron chi connectivity index (χ2n) is 6.93. The van der Waals surface area contributed by atoms with Crippen molar-refractivity contribution >= 4 is 16.8 Å². The normalized spacial score (nSPS) is 22.0. The van der Waals surface area contributed by atoms with E-state index in [0.717, 1.165) is 24.3 Å². The molecule has 1 aromatic heterocycles. The Morgan fingerprint density at radius 2 is 1.86 bits per heavy atom. The molecule has 1 aliphatic rings. The SMILES string of the molecule is Cc1c(C)n(C)c2ccc(C(=O)NC3CCC(C)CC3)cc12. The van der Waals surface area contributed by atoms with Crippen molar-refractivity contribution < 1.29 is 4.79 Å². The van der Waals surface area contributed by atoms with Gasteiger partial charge in [0.1, 0.15) is 0 Å². The van der Waals surface area contributed by atoms with Gasteiger partial charge >= 0.3 is 0 Å². The predicted octanol–water partition coefficient (Wildman–Crippen LogP) is 4.10. The van der Waals surface area contributed by atoms with E-state index >= 15 is 0 Å². The van der Waals surface area contributed by atoms with Gasteiger partial charge in [0, 0.05) is 35.2 Å². The molecule has 0 radical (unpaired) electrons. The molecule has 1 fully saturated rings. The number of fused-ring (bicyclic) bond motifs is 1. The Kier molecular flexibility index (Phi) is 3.98. The first kappa shape index (κ1) is 15.1. The lowest BCUT2D eigenvalue weighted by molar-refractivity contribution is 0.0923. The summed E-state index contributed by atoms with van der Waals surface area (Å²) in [4.78, 5) is 12.5. The van der Waals surface area contributed by atoms with Crippen molar-refractivity contribution in [3.05, 3.63) is 35.0 Å². The number of aromatic nitrogens is 1. The smallest absolute Gasteiger partial charge is 0.251 e. The molecule has 0 aliphatic heterocycles. The first-order valence-corrected chi connectivity index (χ1v) is 8.34. The third-order valence-electron chi connectivity index (χ3n) is 5.42. The van der Waals surface area contributed by atoms with Crippen LogP contribution in [0.3, 0.4) is 0 Å². The van der Waals surface area contributed by atoms with Gasteiger partial charge in [-0.3, -0.25) is 4.79 Å². The number of carbonyl (C=O) groups excluding carboxylic acids is 1. The molecular weight excluding hydrogens is 272 g/mol. The Hall–Kier alpha value is -1.77. The maximum Gasteiger partial charge on any atom is 0.251 e. The molecule has 22 heavy (non-hydrogen) atoms. The number of rotatable bonds is 2. The highest BCUT2D eigenvalue weighted by molar-refractivity contribution is 5.99. The van der Waals surface area contributed by atoms with Crippen LogP contribution in [0.15, 0.2) is 18.2 Å². The summed E-state index contributed by atoms with van der Waals surface area (Å²) < 4.78 is 2.19. The van der Waals surface area contributed by atoms with Crippen LogP contribution in [0.1, 0.15) is 54.2 Å². The van der Waals surface area contributed by atoms with Crippen molar-refractivity contribution in [3.63, 3.8) is 0 Å². The molecule has 0 saturated heterocycles. The Bertz CT molecular complexity index is 706. The third kappa shape index (κ3) is 2.65. The van der Waals surface area contributed by atoms with Gasteiger partial charge in [-0.1, -0.05) is 6.92 Å². The van der Waals surface area contributed by atoms with Crippen LogP contribution in [0.5, 0.6) is 0 Å². The van der Waals surface area contributed by atoms with Gasteiger partial charge in [0.25, 0.3) is 5.91 Å². The first-order valence-electron chi connectivity index (χ1n) is 8.34. The van der Waals surface area contributed by atoms with Crippen molar-refractivity contribution in [2.45, 2.75) is 52.5 Å². The molecular formula is C19H26N2O. The van der Waals surface area contributed by atoms with E-state index in [4.69, 9.17) is 0 Å². The lowest BCUT2D eigenvalue weighted by Gasteiger charge is -2.26. The van der Waals surface area contributed by atoms with Gasteiger partial charge < -0.3 is 9.88 Å². The standard InChI is InChI=1S/C19H26N2O/c1-12-5-8-16(9-6-12)20-19(22)15-7-10-18-17(11-15)13(2)14(3)21(18)4/h7,10-12,16H,5-6,8-9H2,1-4H3,(H,20,22). The summed E-state index contributed by atoms with van der Waals surface area (Å²) in [7, 11) is 2.08. The molecule has 2 aromatic rings. The number of nitrogens with one attached hydrogen (secondary N) is 1. The fourth-order valence-electron chi connectivity index (χ4n) is 3.57. The molecule has 0 unspecified atom stereocenters. The van der Waals surface area contributed by atoms with Crippen molar-refractivity contribution in [2.24, 2.45) is 13.0 Å². The fraction of sp³-hybridized carbons (Fsp3) is 0.526. The molecule has 118 valence electrons. The van der Waals surface area contributed by atoms with E-state index in [1.165, 1.54) is 35.0 Å². The number of benzene rings is 1. The minimum atomic E-state index is 0.0716. The van der Waals surface area contributed by atoms with Crippen LogP contribution in [-0.4, -0.2) is 16.5 Å². The summed E-state index contributed by atoms with van der Waals surface area (Å²) >= 11 is 0. The van der Waals surface area contributed by atoms with Crippen molar-refractivity contribution in [1.82, 2.24) is 9.88 Å². The lowest BCUT2D eigenvalue weighted by Crippen LogP contribution is -2.37. The maximum atomic E-state index is 12.5. The quantitative estimate of drug-likeness (QED) is 0.889. The number of carbonyl (C=O) groups is 1. The van der Waals surface area contributed by atoms with Gasteiger partial charge in [-0.05, 0) is 69.2 Å². The van der Waals surface area contributed by atoms with E-state index in [2.05, 4.69) is 43.8 Å². The lowest BCUT2D eigenvalue weighted by atomic mass is 9.87. The molecule has 0 atom stereocenters. The minimum Gasteiger partial charge on any atom is -0.349 e. The Balaban J connectivity index is 1.81. The molecule has 1 amide bonds. The van der Waals surface area contributed by atoms with Crippen LogP contribution in [0.25, 0.3) is 10.9 Å². The summed E-state index contributed by atoms with van der Waals surface area (Å²) in [5.74, 6) is 0.877. The molecule has 1 N–H and O–H groups in total. The summed E-state index contributed by atoms with van der Waals surface area (Å²) in [5, 5.41) is 4.40. The van der Waals surface area contributed by atoms with Gasteiger partial charge in [0.15, 0.2) is 0 Å². The van der Waals surface area contributed by atoms with E-state index < -0.39 is 0 Å². The van der Waals surface area contributed by atoms with Crippen LogP contribution in [-0.2, 0) is 7.05 Å². The van der Waals surface area contributed by atoms with Crippen LogP contribution < -0.4 is 5.32 Å². The zero-order valence-electron chi connectivity index (χ0n) is 14.1. The fourth-order valence-corrected chi connectivity index (χ4v) is 3.57. The highest BCUT2D eigenvalue weighted by Crippen LogP contribution is 2.26. The number of aryl methyl sites for hydroxylation is 2. The average molecular weight is 298 g/mol. The average Bonchev–Trinajstić information content (AvgIpc) is 2.74. The number of hydrogen-bond donors (Lipinski definition) is 1. The van der Waals surface area contributed by atoms with E-state index in [-0.39, 0.29) is 5.91 Å². The molecule has 1 saturated carbocycles. The Morgan fingerprint density at radius 1 is 1.18 bits per heavy atom. The van der Waals surface area contributed by atoms with Crippen molar-refractivity contribution in [2.75, 3.05) is 0 Å². The van der Waals surface area contributed by atoms with E-state index in [9.17, 15) is 4.79 Å². The van der Waals surface area contributed by atoms with Crippen LogP contribution >= 0.6 is 0 Å². The predicted molar refractivity (Wildman–Crippen MR) is 91.3 cm³/mol. The number of amides is 1. The molecule has 1 aliphatic carbocycles. The first-order chi connectivity index (χ1) is 10.5. The largest absolute Gasteiger partial charge is 0.349 e. The topological polar surface area (TPSA) is 34.0 Å². The summed E-state index contributed by atoms with van der Waals surface area (Å²) in [6.45, 7) is 6.55. The van der Waals surface area contributed by atoms with E-state index in [0.29, 0.717) is 6.04 Å². The minimum absolute atomic E-state index is 0.0716. The monoisotopic (exact) mass is 298 g/mol. The summed E-state index contributed by atoms with van der Waals surface area (Å²) in [6.07, 6.45) is 4.67. The maximum absolute atomic E-state index is 12.5. The highest BCUT2D eigenvalue weighted by atomic mass is 16.1. The molecule has 3 nitrogen and oxygen atoms in total. The van der Waals surface area contributed by atoms with Gasteiger partial charge in [0.05, 0.1) is 0 Å². The van der Waals surface area contributed by atoms with Gasteiger partial charge in [-0.15, -0.1) is 0 Å². The van der Waals surface area contributed by atoms with Gasteiger partial charge in [-0.2, -0.15) is 0 Å². The van der Waals surface area contributed by atoms with Gasteiger partial charge in [0.2, 0.25) is 0 Å². The van der Waals surface area contributed by atoms with E-state index in [1.807, 2.05) is 12.1 Å². The zero-order chi connectivity index (χ0) is 15.9. The van der Waals surface area contributed by atoms with E-state index in [1.54, 1.807) is 0 Å². The molecule has 3 rings (SSSR count). The van der Waals surface area contributed by atoms with Crippen molar-refractivity contribution in [1.29, 1.82) is 0 Å². The molecule has 0 spiro atoms. The number of nitrogens with zero attached hydrogens (tertiary/aromatic N) is 1. The van der Waals surface area contributed by atoms with Crippen LogP contribution in [0, 0.1) is 19.8 Å². The summed E-state index contributed by atoms with van der Waals surface area (Å²) in [5.41, 5.74) is 4.49. The van der Waals surface area contributed by atoms with Crippen LogP contribution in [0.2, 0.25) is 0 Å². The summed E-state index contributed by atoms with van der Waals surface area (Å²) in [6, 6.07) is 6.39. The Morgan fingerprint density at radius 3 is 2.55 bits per heavy atom. The molecule has 0 bridgehead atoms. The van der Waals surface area contributed by atoms with Crippen molar-refractivity contribution in [3.8, 4) is 0 Å². The highest BCUT2D eigenvalue weighted by Gasteiger charge is 2.20.